The Hall–Kier alpha value is -1.81. The number of rotatable bonds is 12. The fraction of sp³-hybridized carbons (Fsp3) is 0.800. The summed E-state index contributed by atoms with van der Waals surface area (Å²) in [6.07, 6.45) is 2.55. The van der Waals surface area contributed by atoms with E-state index in [0.29, 0.717) is 6.42 Å². The Labute approximate surface area is 183 Å². The van der Waals surface area contributed by atoms with Crippen LogP contribution in [0.15, 0.2) is 0 Å². The van der Waals surface area contributed by atoms with Crippen LogP contribution in [0.25, 0.3) is 0 Å². The minimum atomic E-state index is -1.13. The van der Waals surface area contributed by atoms with Crippen molar-refractivity contribution in [1.82, 2.24) is 21.3 Å². The van der Waals surface area contributed by atoms with Crippen LogP contribution in [0, 0.1) is 11.8 Å². The molecule has 9 nitrogen and oxygen atoms in total. The lowest BCUT2D eigenvalue weighted by Crippen LogP contribution is -2.59. The summed E-state index contributed by atoms with van der Waals surface area (Å²) in [5, 5.41) is 20.3. The zero-order valence-corrected chi connectivity index (χ0v) is 19.1. The van der Waals surface area contributed by atoms with Crippen LogP contribution in [0.4, 0.5) is 0 Å². The second kappa shape index (κ2) is 12.8. The minimum Gasteiger partial charge on any atom is -0.480 e. The first kappa shape index (κ1) is 26.2. The van der Waals surface area contributed by atoms with E-state index in [1.54, 1.807) is 0 Å². The summed E-state index contributed by atoms with van der Waals surface area (Å²) in [5.41, 5.74) is 0. The Balaban J connectivity index is 2.81. The highest BCUT2D eigenvalue weighted by molar-refractivity contribution is 7.80. The molecule has 10 heteroatoms. The van der Waals surface area contributed by atoms with Crippen LogP contribution in [-0.2, 0) is 19.2 Å². The van der Waals surface area contributed by atoms with Gasteiger partial charge in [-0.2, -0.15) is 12.6 Å². The highest BCUT2D eigenvalue weighted by Gasteiger charge is 2.33. The van der Waals surface area contributed by atoms with Crippen molar-refractivity contribution in [3.8, 4) is 0 Å². The van der Waals surface area contributed by atoms with E-state index in [4.69, 9.17) is 0 Å². The molecule has 1 rings (SSSR count). The van der Waals surface area contributed by atoms with E-state index in [1.165, 1.54) is 0 Å². The molecule has 0 spiro atoms. The number of hydrogen-bond donors (Lipinski definition) is 6. The van der Waals surface area contributed by atoms with Crippen LogP contribution >= 0.6 is 12.6 Å². The van der Waals surface area contributed by atoms with Crippen LogP contribution in [0.3, 0.4) is 0 Å². The smallest absolute Gasteiger partial charge is 0.326 e. The van der Waals surface area contributed by atoms with E-state index in [9.17, 15) is 24.3 Å². The van der Waals surface area contributed by atoms with Gasteiger partial charge in [-0.05, 0) is 37.6 Å². The average Bonchev–Trinajstić information content (AvgIpc) is 3.23. The van der Waals surface area contributed by atoms with Gasteiger partial charge in [0, 0.05) is 5.75 Å². The minimum absolute atomic E-state index is 0.00303. The van der Waals surface area contributed by atoms with Crippen molar-refractivity contribution in [3.63, 3.8) is 0 Å². The molecule has 0 radical (unpaired) electrons. The second-order valence-corrected chi connectivity index (χ2v) is 8.66. The largest absolute Gasteiger partial charge is 0.480 e. The van der Waals surface area contributed by atoms with Crippen LogP contribution in [0.1, 0.15) is 53.4 Å². The number of carboxylic acid groups (broad SMARTS) is 1. The van der Waals surface area contributed by atoms with Gasteiger partial charge in [0.1, 0.15) is 18.1 Å². The van der Waals surface area contributed by atoms with Crippen molar-refractivity contribution in [3.05, 3.63) is 0 Å². The molecule has 5 unspecified atom stereocenters. The quantitative estimate of drug-likeness (QED) is 0.240. The number of carboxylic acids is 1. The zero-order chi connectivity index (χ0) is 22.8. The molecule has 3 amide bonds. The third kappa shape index (κ3) is 8.14. The van der Waals surface area contributed by atoms with Gasteiger partial charge < -0.3 is 26.4 Å². The molecule has 1 aliphatic rings. The molecule has 1 aliphatic heterocycles. The molecular formula is C20H36N4O5S. The first-order chi connectivity index (χ1) is 14.1. The highest BCUT2D eigenvalue weighted by Crippen LogP contribution is 2.12. The molecular weight excluding hydrogens is 408 g/mol. The highest BCUT2D eigenvalue weighted by atomic mass is 32.1. The van der Waals surface area contributed by atoms with E-state index in [-0.39, 0.29) is 36.0 Å². The predicted molar refractivity (Wildman–Crippen MR) is 117 cm³/mol. The lowest BCUT2D eigenvalue weighted by Gasteiger charge is -2.27. The Bertz CT molecular complexity index is 610. The first-order valence-electron chi connectivity index (χ1n) is 10.6. The molecule has 0 bridgehead atoms. The van der Waals surface area contributed by atoms with Crippen molar-refractivity contribution in [1.29, 1.82) is 0 Å². The molecule has 5 atom stereocenters. The molecule has 5 N–H and O–H groups in total. The molecule has 1 fully saturated rings. The normalized spacial score (nSPS) is 20.1. The molecule has 30 heavy (non-hydrogen) atoms. The number of aliphatic carboxylic acids is 1. The molecule has 0 aromatic carbocycles. The second-order valence-electron chi connectivity index (χ2n) is 8.29. The number of carbonyl (C=O) groups excluding carboxylic acids is 3. The number of thiol groups is 1. The number of carbonyl (C=O) groups is 4. The summed E-state index contributed by atoms with van der Waals surface area (Å²) in [6, 6.07) is -3.18. The van der Waals surface area contributed by atoms with Gasteiger partial charge in [-0.15, -0.1) is 0 Å². The topological polar surface area (TPSA) is 137 Å². The lowest BCUT2D eigenvalue weighted by atomic mass is 9.97. The van der Waals surface area contributed by atoms with Crippen molar-refractivity contribution in [2.45, 2.75) is 77.5 Å². The summed E-state index contributed by atoms with van der Waals surface area (Å²) in [7, 11) is 0. The monoisotopic (exact) mass is 444 g/mol. The van der Waals surface area contributed by atoms with Gasteiger partial charge in [-0.3, -0.25) is 14.4 Å². The summed E-state index contributed by atoms with van der Waals surface area (Å²) in [4.78, 5) is 49.3. The van der Waals surface area contributed by atoms with E-state index < -0.39 is 35.9 Å². The van der Waals surface area contributed by atoms with E-state index in [2.05, 4.69) is 33.9 Å². The SMILES string of the molecule is CCC(C)C(NC(=O)C1CCCN1)C(=O)NC(CS)C(=O)NC(CC(C)C)C(=O)O. The Morgan fingerprint density at radius 1 is 1.07 bits per heavy atom. The third-order valence-corrected chi connectivity index (χ3v) is 5.67. The summed E-state index contributed by atoms with van der Waals surface area (Å²) in [6.45, 7) is 8.25. The summed E-state index contributed by atoms with van der Waals surface area (Å²) >= 11 is 4.14. The fourth-order valence-corrected chi connectivity index (χ4v) is 3.54. The predicted octanol–water partition coefficient (Wildman–Crippen LogP) is 0.299. The number of amides is 3. The lowest BCUT2D eigenvalue weighted by molar-refractivity contribution is -0.142. The van der Waals surface area contributed by atoms with Crippen molar-refractivity contribution in [2.75, 3.05) is 12.3 Å². The van der Waals surface area contributed by atoms with Gasteiger partial charge in [0.05, 0.1) is 6.04 Å². The maximum Gasteiger partial charge on any atom is 0.326 e. The molecule has 0 saturated carbocycles. The summed E-state index contributed by atoms with van der Waals surface area (Å²) < 4.78 is 0. The zero-order valence-electron chi connectivity index (χ0n) is 18.2. The van der Waals surface area contributed by atoms with Crippen molar-refractivity contribution in [2.24, 2.45) is 11.8 Å². The Morgan fingerprint density at radius 3 is 2.17 bits per heavy atom. The van der Waals surface area contributed by atoms with E-state index in [0.717, 1.165) is 19.4 Å². The fourth-order valence-electron chi connectivity index (χ4n) is 3.28. The third-order valence-electron chi connectivity index (χ3n) is 5.31. The van der Waals surface area contributed by atoms with Gasteiger partial charge in [0.15, 0.2) is 0 Å². The van der Waals surface area contributed by atoms with Gasteiger partial charge in [-0.1, -0.05) is 34.1 Å². The van der Waals surface area contributed by atoms with Gasteiger partial charge >= 0.3 is 5.97 Å². The van der Waals surface area contributed by atoms with Gasteiger partial charge in [0.25, 0.3) is 0 Å². The Kier molecular flexibility index (Phi) is 11.2. The molecule has 0 aliphatic carbocycles. The number of hydrogen-bond acceptors (Lipinski definition) is 6. The molecule has 0 aromatic rings. The van der Waals surface area contributed by atoms with Crippen LogP contribution < -0.4 is 21.3 Å². The molecule has 1 heterocycles. The molecule has 1 saturated heterocycles. The van der Waals surface area contributed by atoms with E-state index in [1.807, 2.05) is 27.7 Å². The Morgan fingerprint density at radius 2 is 1.70 bits per heavy atom. The van der Waals surface area contributed by atoms with Crippen LogP contribution in [0.5, 0.6) is 0 Å². The van der Waals surface area contributed by atoms with Gasteiger partial charge in [-0.25, -0.2) is 4.79 Å². The molecule has 172 valence electrons. The molecule has 0 aromatic heterocycles. The maximum atomic E-state index is 12.9. The average molecular weight is 445 g/mol. The van der Waals surface area contributed by atoms with Crippen LogP contribution in [-0.4, -0.2) is 65.3 Å². The van der Waals surface area contributed by atoms with Gasteiger partial charge in [0.2, 0.25) is 17.7 Å². The van der Waals surface area contributed by atoms with Crippen molar-refractivity contribution < 1.29 is 24.3 Å². The van der Waals surface area contributed by atoms with Crippen molar-refractivity contribution >= 4 is 36.3 Å². The standard InChI is InChI=1S/C20H36N4O5S/c1-5-12(4)16(24-17(25)13-7-6-8-21-13)19(27)23-15(10-30)18(26)22-14(20(28)29)9-11(2)3/h11-16,21,30H,5-10H2,1-4H3,(H,22,26)(H,23,27)(H,24,25)(H,28,29). The number of nitrogens with one attached hydrogen (secondary N) is 4. The first-order valence-corrected chi connectivity index (χ1v) is 11.2. The van der Waals surface area contributed by atoms with Crippen LogP contribution in [0.2, 0.25) is 0 Å². The maximum absolute atomic E-state index is 12.9. The summed E-state index contributed by atoms with van der Waals surface area (Å²) in [5.74, 6) is -2.54. The van der Waals surface area contributed by atoms with E-state index >= 15 is 0 Å².